The van der Waals surface area contributed by atoms with Crippen LogP contribution in [0.4, 0.5) is 0 Å². The van der Waals surface area contributed by atoms with E-state index in [0.29, 0.717) is 0 Å². The van der Waals surface area contributed by atoms with Crippen LogP contribution in [0.25, 0.3) is 0 Å². The Labute approximate surface area is 61.4 Å². The van der Waals surface area contributed by atoms with E-state index in [1.807, 2.05) is 36.4 Å². The van der Waals surface area contributed by atoms with Gasteiger partial charge in [0.1, 0.15) is 0 Å². The van der Waals surface area contributed by atoms with Crippen molar-refractivity contribution in [3.05, 3.63) is 43.8 Å². The average molecular weight is 157 g/mol. The van der Waals surface area contributed by atoms with E-state index in [4.69, 9.17) is 0 Å². The fraction of sp³-hybridized carbons (Fsp3) is 0. The summed E-state index contributed by atoms with van der Waals surface area (Å²) in [5, 5.41) is 0. The molecule has 0 spiro atoms. The number of benzene rings is 1. The molecule has 0 atom stereocenters. The van der Waals surface area contributed by atoms with E-state index >= 15 is 0 Å². The second-order valence-corrected chi connectivity index (χ2v) is 1.15. The molecule has 0 fully saturated rings. The second kappa shape index (κ2) is 6.74. The Morgan fingerprint density at radius 1 is 0.500 bits per heavy atom. The fourth-order valence-electron chi connectivity index (χ4n) is 0.385. The van der Waals surface area contributed by atoms with E-state index < -0.39 is 0 Å². The molecule has 0 amide bonds. The van der Waals surface area contributed by atoms with Crippen molar-refractivity contribution in [2.24, 2.45) is 0 Å². The van der Waals surface area contributed by atoms with Gasteiger partial charge in [-0.1, -0.05) is 36.4 Å². The topological polar surface area (TPSA) is 0 Å². The van der Waals surface area contributed by atoms with Crippen LogP contribution in [0.15, 0.2) is 36.4 Å². The molecule has 1 aromatic rings. The van der Waals surface area contributed by atoms with Crippen molar-refractivity contribution in [2.75, 3.05) is 0 Å². The smallest absolute Gasteiger partial charge is 0.358 e. The molecule has 0 saturated carbocycles. The molecule has 0 aliphatic heterocycles. The van der Waals surface area contributed by atoms with E-state index in [1.165, 1.54) is 0 Å². The van der Waals surface area contributed by atoms with Crippen LogP contribution in [-0.2, 0) is 17.1 Å². The number of rotatable bonds is 0. The van der Waals surface area contributed by atoms with Gasteiger partial charge in [0.05, 0.1) is 0 Å². The van der Waals surface area contributed by atoms with Gasteiger partial charge in [-0.2, -0.15) is 0 Å². The van der Waals surface area contributed by atoms with Crippen molar-refractivity contribution in [1.29, 1.82) is 0 Å². The molecule has 0 N–H and O–H groups in total. The maximum Gasteiger partial charge on any atom is 1.00 e. The Hall–Kier alpha value is -0.261. The van der Waals surface area contributed by atoms with Crippen molar-refractivity contribution in [1.82, 2.24) is 0 Å². The van der Waals surface area contributed by atoms with E-state index in [0.717, 1.165) is 0 Å². The van der Waals surface area contributed by atoms with Crippen LogP contribution < -0.4 is 0 Å². The first-order valence-corrected chi connectivity index (χ1v) is 2.00. The largest absolute Gasteiger partial charge is 1.00 e. The van der Waals surface area contributed by atoms with Crippen LogP contribution in [0.3, 0.4) is 0 Å². The molecular formula is C7H9Cu. The summed E-state index contributed by atoms with van der Waals surface area (Å²) in [7, 11) is 0. The minimum absolute atomic E-state index is 0. The zero-order chi connectivity index (χ0) is 4.24. The summed E-state index contributed by atoms with van der Waals surface area (Å²) in [5.41, 5.74) is 0. The third kappa shape index (κ3) is 3.91. The van der Waals surface area contributed by atoms with Gasteiger partial charge in [0.25, 0.3) is 0 Å². The van der Waals surface area contributed by atoms with Crippen molar-refractivity contribution < 1.29 is 17.1 Å². The van der Waals surface area contributed by atoms with Crippen LogP contribution in [0.2, 0.25) is 0 Å². The summed E-state index contributed by atoms with van der Waals surface area (Å²) < 4.78 is 0. The molecule has 1 heteroatoms. The maximum absolute atomic E-state index is 2.00. The Morgan fingerprint density at radius 2 is 0.625 bits per heavy atom. The van der Waals surface area contributed by atoms with Gasteiger partial charge in [0, 0.05) is 0 Å². The SMILES string of the molecule is [CH3-].[Cu+].c1ccccc1. The Kier molecular flexibility index (Phi) is 8.99. The van der Waals surface area contributed by atoms with Gasteiger partial charge in [-0.3, -0.25) is 0 Å². The van der Waals surface area contributed by atoms with Gasteiger partial charge < -0.3 is 7.43 Å². The zero-order valence-corrected chi connectivity index (χ0v) is 5.71. The van der Waals surface area contributed by atoms with Gasteiger partial charge in [0.2, 0.25) is 0 Å². The van der Waals surface area contributed by atoms with Crippen molar-refractivity contribution in [3.63, 3.8) is 0 Å². The molecule has 0 radical (unpaired) electrons. The van der Waals surface area contributed by atoms with Crippen molar-refractivity contribution >= 4 is 0 Å². The normalized spacial score (nSPS) is 6.00. The summed E-state index contributed by atoms with van der Waals surface area (Å²) in [6.07, 6.45) is 0. The Morgan fingerprint density at radius 3 is 0.750 bits per heavy atom. The summed E-state index contributed by atoms with van der Waals surface area (Å²) in [4.78, 5) is 0. The molecule has 0 bridgehead atoms. The molecule has 48 valence electrons. The standard InChI is InChI=1S/C6H6.CH3.Cu/c1-2-4-6-5-3-1;;/h1-6H;1H3;/q;-1;+1. The summed E-state index contributed by atoms with van der Waals surface area (Å²) >= 11 is 0. The second-order valence-electron chi connectivity index (χ2n) is 1.15. The van der Waals surface area contributed by atoms with Crippen LogP contribution in [0.5, 0.6) is 0 Å². The first-order valence-electron chi connectivity index (χ1n) is 2.00. The molecule has 0 unspecified atom stereocenters. The molecule has 1 rings (SSSR count). The number of hydrogen-bond donors (Lipinski definition) is 0. The summed E-state index contributed by atoms with van der Waals surface area (Å²) in [6, 6.07) is 12.0. The molecule has 0 aliphatic carbocycles. The van der Waals surface area contributed by atoms with Crippen molar-refractivity contribution in [3.8, 4) is 0 Å². The predicted molar refractivity (Wildman–Crippen MR) is 32.9 cm³/mol. The number of hydrogen-bond acceptors (Lipinski definition) is 0. The quantitative estimate of drug-likeness (QED) is 0.399. The average Bonchev–Trinajstić information content (AvgIpc) is 1.72. The third-order valence-corrected chi connectivity index (χ3v) is 0.667. The molecule has 8 heavy (non-hydrogen) atoms. The summed E-state index contributed by atoms with van der Waals surface area (Å²) in [5.74, 6) is 0. The Balaban J connectivity index is 0. The third-order valence-electron chi connectivity index (χ3n) is 0.667. The van der Waals surface area contributed by atoms with Gasteiger partial charge in [-0.05, 0) is 0 Å². The van der Waals surface area contributed by atoms with Crippen molar-refractivity contribution in [2.45, 2.75) is 0 Å². The van der Waals surface area contributed by atoms with E-state index in [9.17, 15) is 0 Å². The van der Waals surface area contributed by atoms with E-state index in [2.05, 4.69) is 0 Å². The molecular weight excluding hydrogens is 148 g/mol. The predicted octanol–water partition coefficient (Wildman–Crippen LogP) is 2.13. The monoisotopic (exact) mass is 156 g/mol. The molecule has 0 aliphatic rings. The van der Waals surface area contributed by atoms with Gasteiger partial charge in [-0.15, -0.1) is 0 Å². The Bertz CT molecular complexity index is 76.3. The van der Waals surface area contributed by atoms with Crippen LogP contribution in [0, 0.1) is 7.43 Å². The molecule has 1 aromatic carbocycles. The van der Waals surface area contributed by atoms with E-state index in [-0.39, 0.29) is 24.5 Å². The molecule has 0 aromatic heterocycles. The van der Waals surface area contributed by atoms with Gasteiger partial charge >= 0.3 is 17.1 Å². The first-order chi connectivity index (χ1) is 3.00. The van der Waals surface area contributed by atoms with Crippen LogP contribution in [0.1, 0.15) is 0 Å². The minimum Gasteiger partial charge on any atom is -0.358 e. The van der Waals surface area contributed by atoms with E-state index in [1.54, 1.807) is 0 Å². The molecule has 0 nitrogen and oxygen atoms in total. The molecule has 0 heterocycles. The van der Waals surface area contributed by atoms with Crippen LogP contribution in [-0.4, -0.2) is 0 Å². The van der Waals surface area contributed by atoms with Gasteiger partial charge in [-0.25, -0.2) is 0 Å². The minimum atomic E-state index is 0. The summed E-state index contributed by atoms with van der Waals surface area (Å²) in [6.45, 7) is 0. The van der Waals surface area contributed by atoms with Gasteiger partial charge in [0.15, 0.2) is 0 Å². The zero-order valence-electron chi connectivity index (χ0n) is 4.77. The maximum atomic E-state index is 2.00. The molecule has 0 saturated heterocycles. The fourth-order valence-corrected chi connectivity index (χ4v) is 0.385. The van der Waals surface area contributed by atoms with Crippen LogP contribution >= 0.6 is 0 Å². The first kappa shape index (κ1) is 10.7.